The number of hydrogen-bond donors (Lipinski definition) is 1. The van der Waals surface area contributed by atoms with Gasteiger partial charge in [-0.25, -0.2) is 0 Å². The summed E-state index contributed by atoms with van der Waals surface area (Å²) in [7, 11) is 0. The summed E-state index contributed by atoms with van der Waals surface area (Å²) >= 11 is 0. The van der Waals surface area contributed by atoms with Crippen molar-refractivity contribution in [3.8, 4) is 0 Å². The van der Waals surface area contributed by atoms with E-state index < -0.39 is 0 Å². The molecule has 3 nitrogen and oxygen atoms in total. The van der Waals surface area contributed by atoms with Gasteiger partial charge in [0.2, 0.25) is 5.56 Å². The molecule has 0 bridgehead atoms. The first-order chi connectivity index (χ1) is 6.84. The Morgan fingerprint density at radius 1 is 1.14 bits per heavy atom. The second-order valence-electron chi connectivity index (χ2n) is 3.09. The Bertz CT molecular complexity index is 462. The van der Waals surface area contributed by atoms with Crippen LogP contribution in [0.1, 0.15) is 11.1 Å². The van der Waals surface area contributed by atoms with Crippen LogP contribution in [0.3, 0.4) is 0 Å². The van der Waals surface area contributed by atoms with Gasteiger partial charge in [0.05, 0.1) is 0 Å². The monoisotopic (exact) mass is 186 g/mol. The molecule has 0 radical (unpaired) electrons. The number of H-pyrrole nitrogens is 1. The largest absolute Gasteiger partial charge is 0.329 e. The molecule has 14 heavy (non-hydrogen) atoms. The van der Waals surface area contributed by atoms with Gasteiger partial charge >= 0.3 is 0 Å². The maximum atomic E-state index is 11.0. The van der Waals surface area contributed by atoms with Crippen molar-refractivity contribution in [2.24, 2.45) is 0 Å². The molecule has 2 aromatic heterocycles. The number of nitrogens with zero attached hydrogens (tertiary/aromatic N) is 1. The van der Waals surface area contributed by atoms with Crippen molar-refractivity contribution in [3.05, 3.63) is 64.3 Å². The normalized spacial score (nSPS) is 10.0. The lowest BCUT2D eigenvalue weighted by Gasteiger charge is -1.99. The molecule has 0 saturated carbocycles. The summed E-state index contributed by atoms with van der Waals surface area (Å²) in [4.78, 5) is 17.5. The van der Waals surface area contributed by atoms with Crippen LogP contribution in [0.5, 0.6) is 0 Å². The highest BCUT2D eigenvalue weighted by Crippen LogP contribution is 2.04. The Kier molecular flexibility index (Phi) is 2.40. The summed E-state index contributed by atoms with van der Waals surface area (Å²) < 4.78 is 0. The summed E-state index contributed by atoms with van der Waals surface area (Å²) in [5.74, 6) is 0. The molecule has 3 heteroatoms. The molecular weight excluding hydrogens is 176 g/mol. The highest BCUT2D eigenvalue weighted by Gasteiger charge is 1.95. The maximum absolute atomic E-state index is 11.0. The topological polar surface area (TPSA) is 45.8 Å². The van der Waals surface area contributed by atoms with E-state index in [1.165, 1.54) is 0 Å². The highest BCUT2D eigenvalue weighted by atomic mass is 16.1. The molecule has 0 atom stereocenters. The fraction of sp³-hybridized carbons (Fsp3) is 0.0909. The Hall–Kier alpha value is -1.90. The number of pyridine rings is 2. The van der Waals surface area contributed by atoms with E-state index in [1.807, 2.05) is 18.2 Å². The van der Waals surface area contributed by atoms with Crippen LogP contribution in [-0.2, 0) is 6.42 Å². The van der Waals surface area contributed by atoms with Crippen molar-refractivity contribution in [3.63, 3.8) is 0 Å². The van der Waals surface area contributed by atoms with Gasteiger partial charge in [-0.3, -0.25) is 9.78 Å². The molecule has 0 fully saturated rings. The van der Waals surface area contributed by atoms with E-state index >= 15 is 0 Å². The van der Waals surface area contributed by atoms with Crippen molar-refractivity contribution < 1.29 is 0 Å². The average Bonchev–Trinajstić information content (AvgIpc) is 2.19. The SMILES string of the molecule is O=c1cc(Cc2ccncc2)cc[nH]1. The van der Waals surface area contributed by atoms with Crippen LogP contribution in [0.15, 0.2) is 47.7 Å². The molecule has 0 spiro atoms. The van der Waals surface area contributed by atoms with Crippen molar-refractivity contribution >= 4 is 0 Å². The quantitative estimate of drug-likeness (QED) is 0.769. The smallest absolute Gasteiger partial charge is 0.248 e. The minimum atomic E-state index is -0.0587. The van der Waals surface area contributed by atoms with Crippen LogP contribution in [0.25, 0.3) is 0 Å². The number of aromatic amines is 1. The first-order valence-electron chi connectivity index (χ1n) is 4.41. The van der Waals surface area contributed by atoms with Gasteiger partial charge in [-0.1, -0.05) is 0 Å². The van der Waals surface area contributed by atoms with E-state index in [9.17, 15) is 4.79 Å². The highest BCUT2D eigenvalue weighted by molar-refractivity contribution is 5.22. The van der Waals surface area contributed by atoms with Gasteiger partial charge in [0.15, 0.2) is 0 Å². The zero-order valence-corrected chi connectivity index (χ0v) is 7.60. The van der Waals surface area contributed by atoms with Gasteiger partial charge in [0.25, 0.3) is 0 Å². The molecule has 2 heterocycles. The van der Waals surface area contributed by atoms with E-state index in [0.717, 1.165) is 17.5 Å². The lowest BCUT2D eigenvalue weighted by atomic mass is 10.1. The van der Waals surface area contributed by atoms with E-state index in [2.05, 4.69) is 9.97 Å². The number of nitrogens with one attached hydrogen (secondary N) is 1. The second-order valence-corrected chi connectivity index (χ2v) is 3.09. The molecule has 0 aliphatic rings. The summed E-state index contributed by atoms with van der Waals surface area (Å²) in [6.45, 7) is 0. The zero-order chi connectivity index (χ0) is 9.80. The van der Waals surface area contributed by atoms with Gasteiger partial charge in [-0.05, 0) is 35.7 Å². The molecule has 0 aliphatic heterocycles. The summed E-state index contributed by atoms with van der Waals surface area (Å²) in [5, 5.41) is 0. The Balaban J connectivity index is 2.24. The van der Waals surface area contributed by atoms with Crippen LogP contribution in [0, 0.1) is 0 Å². The van der Waals surface area contributed by atoms with Crippen LogP contribution in [-0.4, -0.2) is 9.97 Å². The van der Waals surface area contributed by atoms with Gasteiger partial charge < -0.3 is 4.98 Å². The lowest BCUT2D eigenvalue weighted by molar-refractivity contribution is 1.12. The van der Waals surface area contributed by atoms with Crippen LogP contribution >= 0.6 is 0 Å². The standard InChI is InChI=1S/C11H10N2O/c14-11-8-10(3-6-13-11)7-9-1-4-12-5-2-9/h1-6,8H,7H2,(H,13,14). The maximum Gasteiger partial charge on any atom is 0.248 e. The predicted molar refractivity (Wildman–Crippen MR) is 54.1 cm³/mol. The van der Waals surface area contributed by atoms with Crippen LogP contribution in [0.4, 0.5) is 0 Å². The van der Waals surface area contributed by atoms with Gasteiger partial charge in [-0.15, -0.1) is 0 Å². The fourth-order valence-electron chi connectivity index (χ4n) is 1.34. The summed E-state index contributed by atoms with van der Waals surface area (Å²) in [6, 6.07) is 7.41. The second kappa shape index (κ2) is 3.87. The third kappa shape index (κ3) is 2.07. The van der Waals surface area contributed by atoms with Crippen molar-refractivity contribution in [2.45, 2.75) is 6.42 Å². The third-order valence-corrected chi connectivity index (χ3v) is 2.00. The molecule has 2 rings (SSSR count). The Labute approximate surface area is 81.5 Å². The first kappa shape index (κ1) is 8.69. The van der Waals surface area contributed by atoms with E-state index in [-0.39, 0.29) is 5.56 Å². The summed E-state index contributed by atoms with van der Waals surface area (Å²) in [6.07, 6.45) is 5.94. The van der Waals surface area contributed by atoms with E-state index in [0.29, 0.717) is 0 Å². The van der Waals surface area contributed by atoms with Crippen molar-refractivity contribution in [2.75, 3.05) is 0 Å². The molecule has 0 amide bonds. The van der Waals surface area contributed by atoms with Crippen LogP contribution in [0.2, 0.25) is 0 Å². The average molecular weight is 186 g/mol. The van der Waals surface area contributed by atoms with Crippen LogP contribution < -0.4 is 5.56 Å². The molecule has 0 aliphatic carbocycles. The Morgan fingerprint density at radius 3 is 2.64 bits per heavy atom. The molecule has 0 saturated heterocycles. The molecule has 1 N–H and O–H groups in total. The summed E-state index contributed by atoms with van der Waals surface area (Å²) in [5.41, 5.74) is 2.11. The fourth-order valence-corrected chi connectivity index (χ4v) is 1.34. The molecule has 0 unspecified atom stereocenters. The predicted octanol–water partition coefficient (Wildman–Crippen LogP) is 1.36. The number of rotatable bonds is 2. The molecular formula is C11H10N2O. The van der Waals surface area contributed by atoms with Gasteiger partial charge in [-0.2, -0.15) is 0 Å². The van der Waals surface area contributed by atoms with E-state index in [1.54, 1.807) is 24.7 Å². The Morgan fingerprint density at radius 2 is 1.93 bits per heavy atom. The minimum Gasteiger partial charge on any atom is -0.329 e. The number of aromatic nitrogens is 2. The zero-order valence-electron chi connectivity index (χ0n) is 7.60. The minimum absolute atomic E-state index is 0.0587. The molecule has 70 valence electrons. The number of hydrogen-bond acceptors (Lipinski definition) is 2. The third-order valence-electron chi connectivity index (χ3n) is 2.00. The first-order valence-corrected chi connectivity index (χ1v) is 4.41. The van der Waals surface area contributed by atoms with Crippen molar-refractivity contribution in [1.29, 1.82) is 0 Å². The van der Waals surface area contributed by atoms with E-state index in [4.69, 9.17) is 0 Å². The lowest BCUT2D eigenvalue weighted by Crippen LogP contribution is -2.04. The van der Waals surface area contributed by atoms with Gasteiger partial charge in [0, 0.05) is 24.7 Å². The van der Waals surface area contributed by atoms with Gasteiger partial charge in [0.1, 0.15) is 0 Å². The molecule has 0 aromatic carbocycles. The van der Waals surface area contributed by atoms with Crippen molar-refractivity contribution in [1.82, 2.24) is 9.97 Å². The molecule has 2 aromatic rings.